The number of benzene rings is 1. The third-order valence-corrected chi connectivity index (χ3v) is 7.38. The molecule has 2 N–H and O–H groups in total. The Hall–Kier alpha value is -2.93. The molecule has 0 bridgehead atoms. The predicted octanol–water partition coefficient (Wildman–Crippen LogP) is 5.80. The van der Waals surface area contributed by atoms with Crippen molar-refractivity contribution in [1.29, 1.82) is 5.26 Å². The standard InChI is InChI=1S/C25H28F4N6/c26-20-11-18(15-6-7-15)17(12-30)10-21(20)33-24-32-14-19(25(27,28)29)23(34-24)31-13-16-4-3-9-35-8-2-1-5-22(16)35/h10-11,14-16,22H,1-9,13H2,(H2,31,32,33,34). The summed E-state index contributed by atoms with van der Waals surface area (Å²) in [6, 6.07) is 5.15. The summed E-state index contributed by atoms with van der Waals surface area (Å²) in [6.45, 7) is 2.47. The van der Waals surface area contributed by atoms with Crippen molar-refractivity contribution in [2.24, 2.45) is 5.92 Å². The minimum Gasteiger partial charge on any atom is -0.369 e. The highest BCUT2D eigenvalue weighted by atomic mass is 19.4. The van der Waals surface area contributed by atoms with Gasteiger partial charge in [-0.3, -0.25) is 0 Å². The van der Waals surface area contributed by atoms with Gasteiger partial charge in [0.1, 0.15) is 17.2 Å². The number of halogens is 4. The maximum absolute atomic E-state index is 14.7. The summed E-state index contributed by atoms with van der Waals surface area (Å²) in [7, 11) is 0. The number of alkyl halides is 3. The summed E-state index contributed by atoms with van der Waals surface area (Å²) in [5.74, 6) is -0.652. The van der Waals surface area contributed by atoms with E-state index in [0.29, 0.717) is 29.9 Å². The molecule has 10 heteroatoms. The molecule has 1 aromatic carbocycles. The lowest BCUT2D eigenvalue weighted by atomic mass is 9.83. The first kappa shape index (κ1) is 23.8. The molecule has 0 amide bonds. The average Bonchev–Trinajstić information content (AvgIpc) is 3.68. The van der Waals surface area contributed by atoms with Crippen LogP contribution in [-0.4, -0.2) is 40.5 Å². The van der Waals surface area contributed by atoms with E-state index in [-0.39, 0.29) is 29.3 Å². The van der Waals surface area contributed by atoms with E-state index >= 15 is 0 Å². The van der Waals surface area contributed by atoms with Crippen molar-refractivity contribution in [2.45, 2.75) is 63.1 Å². The number of hydrogen-bond donors (Lipinski definition) is 2. The van der Waals surface area contributed by atoms with Gasteiger partial charge in [-0.2, -0.15) is 23.4 Å². The Morgan fingerprint density at radius 2 is 1.89 bits per heavy atom. The van der Waals surface area contributed by atoms with Crippen molar-refractivity contribution in [1.82, 2.24) is 14.9 Å². The number of anilines is 3. The molecule has 2 atom stereocenters. The van der Waals surface area contributed by atoms with Gasteiger partial charge in [-0.25, -0.2) is 9.37 Å². The van der Waals surface area contributed by atoms with Gasteiger partial charge in [0, 0.05) is 18.8 Å². The third-order valence-electron chi connectivity index (χ3n) is 7.38. The molecule has 2 unspecified atom stereocenters. The van der Waals surface area contributed by atoms with Crippen LogP contribution in [0.5, 0.6) is 0 Å². The summed E-state index contributed by atoms with van der Waals surface area (Å²) in [4.78, 5) is 10.3. The molecule has 2 saturated heterocycles. The van der Waals surface area contributed by atoms with Gasteiger partial charge < -0.3 is 15.5 Å². The van der Waals surface area contributed by atoms with E-state index in [2.05, 4.69) is 31.6 Å². The molecule has 1 saturated carbocycles. The van der Waals surface area contributed by atoms with Crippen molar-refractivity contribution < 1.29 is 17.6 Å². The zero-order valence-corrected chi connectivity index (χ0v) is 19.3. The van der Waals surface area contributed by atoms with Crippen LogP contribution in [0, 0.1) is 23.1 Å². The van der Waals surface area contributed by atoms with Crippen molar-refractivity contribution in [3.05, 3.63) is 40.8 Å². The lowest BCUT2D eigenvalue weighted by Crippen LogP contribution is -2.49. The van der Waals surface area contributed by atoms with Crippen LogP contribution in [0.15, 0.2) is 18.3 Å². The Kier molecular flexibility index (Phi) is 6.53. The Balaban J connectivity index is 1.37. The van der Waals surface area contributed by atoms with Gasteiger partial charge in [-0.15, -0.1) is 0 Å². The fraction of sp³-hybridized carbons (Fsp3) is 0.560. The molecule has 35 heavy (non-hydrogen) atoms. The maximum atomic E-state index is 14.7. The van der Waals surface area contributed by atoms with Crippen LogP contribution >= 0.6 is 0 Å². The van der Waals surface area contributed by atoms with E-state index < -0.39 is 17.6 Å². The monoisotopic (exact) mass is 488 g/mol. The first-order valence-electron chi connectivity index (χ1n) is 12.3. The van der Waals surface area contributed by atoms with Crippen LogP contribution in [0.4, 0.5) is 35.0 Å². The Bertz CT molecular complexity index is 1120. The third kappa shape index (κ3) is 5.20. The zero-order valence-electron chi connectivity index (χ0n) is 19.3. The fourth-order valence-electron chi connectivity index (χ4n) is 5.46. The predicted molar refractivity (Wildman–Crippen MR) is 124 cm³/mol. The molecule has 2 aromatic rings. The molecule has 3 fully saturated rings. The maximum Gasteiger partial charge on any atom is 0.421 e. The number of rotatable bonds is 6. The molecule has 1 aromatic heterocycles. The van der Waals surface area contributed by atoms with Crippen LogP contribution < -0.4 is 10.6 Å². The number of aromatic nitrogens is 2. The summed E-state index contributed by atoms with van der Waals surface area (Å²) in [6.07, 6.45) is 3.28. The largest absolute Gasteiger partial charge is 0.421 e. The molecule has 0 radical (unpaired) electrons. The number of fused-ring (bicyclic) bond motifs is 1. The highest BCUT2D eigenvalue weighted by Gasteiger charge is 2.37. The summed E-state index contributed by atoms with van der Waals surface area (Å²) < 4.78 is 55.8. The molecule has 3 aliphatic rings. The lowest BCUT2D eigenvalue weighted by Gasteiger charge is -2.44. The van der Waals surface area contributed by atoms with E-state index in [9.17, 15) is 22.8 Å². The SMILES string of the molecule is N#Cc1cc(Nc2ncc(C(F)(F)F)c(NCC3CCCN4CCCCC34)n2)c(F)cc1C1CC1. The van der Waals surface area contributed by atoms with E-state index in [4.69, 9.17) is 0 Å². The van der Waals surface area contributed by atoms with Crippen LogP contribution in [0.25, 0.3) is 0 Å². The van der Waals surface area contributed by atoms with E-state index in [1.807, 2.05) is 0 Å². The number of hydrogen-bond acceptors (Lipinski definition) is 6. The van der Waals surface area contributed by atoms with Crippen LogP contribution in [-0.2, 0) is 6.18 Å². The molecular weight excluding hydrogens is 460 g/mol. The second-order valence-electron chi connectivity index (χ2n) is 9.77. The molecule has 6 nitrogen and oxygen atoms in total. The minimum atomic E-state index is -4.63. The van der Waals surface area contributed by atoms with Crippen molar-refractivity contribution in [3.63, 3.8) is 0 Å². The number of nitrogens with one attached hydrogen (secondary N) is 2. The van der Waals surface area contributed by atoms with Crippen molar-refractivity contribution in [3.8, 4) is 6.07 Å². The van der Waals surface area contributed by atoms with Gasteiger partial charge >= 0.3 is 6.18 Å². The Labute approximate surface area is 201 Å². The molecule has 0 spiro atoms. The Morgan fingerprint density at radius 1 is 1.09 bits per heavy atom. The zero-order chi connectivity index (χ0) is 24.6. The van der Waals surface area contributed by atoms with Crippen molar-refractivity contribution >= 4 is 17.5 Å². The second kappa shape index (κ2) is 9.61. The van der Waals surface area contributed by atoms with Gasteiger partial charge in [-0.05, 0) is 81.1 Å². The highest BCUT2D eigenvalue weighted by Crippen LogP contribution is 2.43. The minimum absolute atomic E-state index is 0.0400. The fourth-order valence-corrected chi connectivity index (χ4v) is 5.46. The molecule has 5 rings (SSSR count). The normalized spacial score (nSPS) is 22.8. The topological polar surface area (TPSA) is 76.9 Å². The number of nitriles is 1. The Morgan fingerprint density at radius 3 is 2.63 bits per heavy atom. The lowest BCUT2D eigenvalue weighted by molar-refractivity contribution is -0.137. The van der Waals surface area contributed by atoms with Crippen molar-refractivity contribution in [2.75, 3.05) is 30.3 Å². The smallest absolute Gasteiger partial charge is 0.369 e. The van der Waals surface area contributed by atoms with Gasteiger partial charge in [-0.1, -0.05) is 6.42 Å². The average molecular weight is 489 g/mol. The number of nitrogens with zero attached hydrogens (tertiary/aromatic N) is 4. The molecule has 3 heterocycles. The van der Waals surface area contributed by atoms with Gasteiger partial charge in [0.25, 0.3) is 0 Å². The van der Waals surface area contributed by atoms with E-state index in [0.717, 1.165) is 51.6 Å². The van der Waals surface area contributed by atoms with Gasteiger partial charge in [0.2, 0.25) is 5.95 Å². The summed E-state index contributed by atoms with van der Waals surface area (Å²) in [5.41, 5.74) is 0.00916. The number of piperidine rings is 2. The van der Waals surface area contributed by atoms with Gasteiger partial charge in [0.05, 0.1) is 17.3 Å². The highest BCUT2D eigenvalue weighted by molar-refractivity contribution is 5.61. The van der Waals surface area contributed by atoms with Crippen LogP contribution in [0.1, 0.15) is 67.6 Å². The van der Waals surface area contributed by atoms with Crippen LogP contribution in [0.2, 0.25) is 0 Å². The van der Waals surface area contributed by atoms with Crippen LogP contribution in [0.3, 0.4) is 0 Å². The molecule has 1 aliphatic carbocycles. The first-order valence-corrected chi connectivity index (χ1v) is 12.3. The van der Waals surface area contributed by atoms with E-state index in [1.165, 1.54) is 18.6 Å². The summed E-state index contributed by atoms with van der Waals surface area (Å²) in [5, 5.41) is 15.1. The molecule has 186 valence electrons. The summed E-state index contributed by atoms with van der Waals surface area (Å²) >= 11 is 0. The first-order chi connectivity index (χ1) is 16.8. The quantitative estimate of drug-likeness (QED) is 0.500. The van der Waals surface area contributed by atoms with E-state index in [1.54, 1.807) is 0 Å². The molecule has 2 aliphatic heterocycles. The molecular formula is C25H28F4N6. The van der Waals surface area contributed by atoms with Gasteiger partial charge in [0.15, 0.2) is 0 Å². The second-order valence-corrected chi connectivity index (χ2v) is 9.77.